The quantitative estimate of drug-likeness (QED) is 0.678. The molecular formula is C18H16Cl2F2N2O5S. The second kappa shape index (κ2) is 9.44. The predicted octanol–water partition coefficient (Wildman–Crippen LogP) is 3.87. The summed E-state index contributed by atoms with van der Waals surface area (Å²) in [6.45, 7) is -2.34. The summed E-state index contributed by atoms with van der Waals surface area (Å²) in [6.07, 6.45) is 0. The van der Waals surface area contributed by atoms with Crippen molar-refractivity contribution < 1.29 is 31.5 Å². The monoisotopic (exact) mass is 480 g/mol. The van der Waals surface area contributed by atoms with Gasteiger partial charge in [0.05, 0.1) is 34.5 Å². The molecule has 1 heterocycles. The van der Waals surface area contributed by atoms with Crippen LogP contribution in [0.4, 0.5) is 14.5 Å². The molecule has 3 rings (SSSR count). The number of morpholine rings is 1. The fraction of sp³-hybridized carbons (Fsp3) is 0.278. The first-order valence-corrected chi connectivity index (χ1v) is 10.8. The number of hydrogen-bond acceptors (Lipinski definition) is 5. The highest BCUT2D eigenvalue weighted by atomic mass is 35.5. The van der Waals surface area contributed by atoms with E-state index in [1.165, 1.54) is 28.6 Å². The highest BCUT2D eigenvalue weighted by Gasteiger charge is 2.30. The van der Waals surface area contributed by atoms with Crippen molar-refractivity contribution in [1.82, 2.24) is 4.31 Å². The second-order valence-electron chi connectivity index (χ2n) is 6.11. The maximum Gasteiger partial charge on any atom is 0.387 e. The molecule has 0 unspecified atom stereocenters. The molecule has 0 bridgehead atoms. The molecule has 1 aliphatic rings. The van der Waals surface area contributed by atoms with Crippen molar-refractivity contribution >= 4 is 44.8 Å². The lowest BCUT2D eigenvalue weighted by molar-refractivity contribution is -0.0493. The van der Waals surface area contributed by atoms with E-state index < -0.39 is 22.5 Å². The van der Waals surface area contributed by atoms with Crippen LogP contribution in [0.25, 0.3) is 0 Å². The van der Waals surface area contributed by atoms with Crippen molar-refractivity contribution in [2.45, 2.75) is 11.5 Å². The highest BCUT2D eigenvalue weighted by Crippen LogP contribution is 2.32. The number of anilines is 1. The highest BCUT2D eigenvalue weighted by molar-refractivity contribution is 7.89. The first-order chi connectivity index (χ1) is 14.2. The van der Waals surface area contributed by atoms with Gasteiger partial charge in [0.15, 0.2) is 0 Å². The largest absolute Gasteiger partial charge is 0.433 e. The number of hydrogen-bond donors (Lipinski definition) is 1. The van der Waals surface area contributed by atoms with E-state index in [0.29, 0.717) is 0 Å². The number of halogens is 4. The lowest BCUT2D eigenvalue weighted by Crippen LogP contribution is -2.40. The fourth-order valence-electron chi connectivity index (χ4n) is 2.79. The molecule has 7 nitrogen and oxygen atoms in total. The average Bonchev–Trinajstić information content (AvgIpc) is 2.69. The minimum atomic E-state index is -4.00. The molecule has 1 fully saturated rings. The van der Waals surface area contributed by atoms with Gasteiger partial charge in [-0.1, -0.05) is 35.3 Å². The van der Waals surface area contributed by atoms with Crippen LogP contribution in [0.5, 0.6) is 5.75 Å². The number of rotatable bonds is 6. The van der Waals surface area contributed by atoms with Crippen molar-refractivity contribution in [3.8, 4) is 5.75 Å². The lowest BCUT2D eigenvalue weighted by atomic mass is 10.2. The van der Waals surface area contributed by atoms with Gasteiger partial charge in [0.1, 0.15) is 10.6 Å². The molecule has 2 aromatic carbocycles. The predicted molar refractivity (Wildman–Crippen MR) is 107 cm³/mol. The van der Waals surface area contributed by atoms with Crippen molar-refractivity contribution in [2.24, 2.45) is 0 Å². The molecule has 1 saturated heterocycles. The number of sulfonamides is 1. The Morgan fingerprint density at radius 3 is 2.47 bits per heavy atom. The van der Waals surface area contributed by atoms with Crippen LogP contribution >= 0.6 is 23.2 Å². The normalized spacial score (nSPS) is 15.2. The van der Waals surface area contributed by atoms with Crippen LogP contribution in [0.15, 0.2) is 41.3 Å². The standard InChI is InChI=1S/C18H16Cl2F2N2O5S/c19-12-10-13(20)16(30(26,27)24-5-7-28-8-6-24)9-11(12)17(25)23-14-3-1-2-4-15(14)29-18(21)22/h1-4,9-10,18H,5-8H2,(H,23,25). The van der Waals surface area contributed by atoms with Gasteiger partial charge in [-0.05, 0) is 24.3 Å². The average molecular weight is 481 g/mol. The van der Waals surface area contributed by atoms with Gasteiger partial charge in [-0.15, -0.1) is 0 Å². The maximum absolute atomic E-state index is 12.9. The Morgan fingerprint density at radius 2 is 1.80 bits per heavy atom. The maximum atomic E-state index is 12.9. The number of benzene rings is 2. The molecule has 0 aromatic heterocycles. The molecule has 1 amide bonds. The number of nitrogens with one attached hydrogen (secondary N) is 1. The Bertz CT molecular complexity index is 1050. The lowest BCUT2D eigenvalue weighted by Gasteiger charge is -2.26. The molecule has 1 N–H and O–H groups in total. The van der Waals surface area contributed by atoms with Gasteiger partial charge in [-0.2, -0.15) is 13.1 Å². The van der Waals surface area contributed by atoms with E-state index in [2.05, 4.69) is 10.1 Å². The SMILES string of the molecule is O=C(Nc1ccccc1OC(F)F)c1cc(S(=O)(=O)N2CCOCC2)c(Cl)cc1Cl. The van der Waals surface area contributed by atoms with Crippen LogP contribution in [0.2, 0.25) is 10.0 Å². The zero-order chi connectivity index (χ0) is 21.9. The molecule has 2 aromatic rings. The summed E-state index contributed by atoms with van der Waals surface area (Å²) in [5.74, 6) is -1.08. The number of ether oxygens (including phenoxy) is 2. The molecule has 0 spiro atoms. The Morgan fingerprint density at radius 1 is 1.13 bits per heavy atom. The van der Waals surface area contributed by atoms with Gasteiger partial charge in [0, 0.05) is 13.1 Å². The van der Waals surface area contributed by atoms with E-state index in [1.807, 2.05) is 0 Å². The summed E-state index contributed by atoms with van der Waals surface area (Å²) in [4.78, 5) is 12.4. The number of alkyl halides is 2. The summed E-state index contributed by atoms with van der Waals surface area (Å²) < 4.78 is 61.8. The molecule has 162 valence electrons. The fourth-order valence-corrected chi connectivity index (χ4v) is 5.03. The smallest absolute Gasteiger partial charge is 0.387 e. The van der Waals surface area contributed by atoms with Crippen molar-refractivity contribution in [2.75, 3.05) is 31.6 Å². The Hall–Kier alpha value is -1.98. The minimum Gasteiger partial charge on any atom is -0.433 e. The molecule has 0 aliphatic carbocycles. The van der Waals surface area contributed by atoms with Gasteiger partial charge in [-0.3, -0.25) is 4.79 Å². The van der Waals surface area contributed by atoms with Crippen LogP contribution in [0, 0.1) is 0 Å². The first-order valence-electron chi connectivity index (χ1n) is 8.62. The number of amides is 1. The zero-order valence-electron chi connectivity index (χ0n) is 15.3. The summed E-state index contributed by atoms with van der Waals surface area (Å²) in [6, 6.07) is 7.76. The van der Waals surface area contributed by atoms with Crippen molar-refractivity contribution in [1.29, 1.82) is 0 Å². The van der Waals surface area contributed by atoms with Crippen molar-refractivity contribution in [3.05, 3.63) is 52.0 Å². The number of para-hydroxylation sites is 2. The third-order valence-corrected chi connectivity index (χ3v) is 6.88. The zero-order valence-corrected chi connectivity index (χ0v) is 17.6. The molecule has 12 heteroatoms. The Balaban J connectivity index is 1.93. The van der Waals surface area contributed by atoms with Gasteiger partial charge >= 0.3 is 6.61 Å². The number of carbonyl (C=O) groups is 1. The van der Waals surface area contributed by atoms with Crippen LogP contribution in [0.1, 0.15) is 10.4 Å². The molecule has 30 heavy (non-hydrogen) atoms. The molecule has 0 saturated carbocycles. The summed E-state index contributed by atoms with van der Waals surface area (Å²) in [5, 5.41) is 2.14. The van der Waals surface area contributed by atoms with Crippen molar-refractivity contribution in [3.63, 3.8) is 0 Å². The molecule has 1 aliphatic heterocycles. The van der Waals surface area contributed by atoms with Gasteiger partial charge in [0.2, 0.25) is 10.0 Å². The Labute approximate surface area is 181 Å². The molecule has 0 radical (unpaired) electrons. The Kier molecular flexibility index (Phi) is 7.14. The van der Waals surface area contributed by atoms with Crippen LogP contribution in [-0.4, -0.2) is 51.5 Å². The summed E-state index contributed by atoms with van der Waals surface area (Å²) >= 11 is 12.2. The van der Waals surface area contributed by atoms with E-state index in [0.717, 1.165) is 12.1 Å². The van der Waals surface area contributed by atoms with E-state index in [9.17, 15) is 22.0 Å². The van der Waals surface area contributed by atoms with E-state index in [1.54, 1.807) is 0 Å². The third kappa shape index (κ3) is 5.01. The topological polar surface area (TPSA) is 84.9 Å². The molecule has 0 atom stereocenters. The van der Waals surface area contributed by atoms with Crippen LogP contribution in [0.3, 0.4) is 0 Å². The van der Waals surface area contributed by atoms with E-state index >= 15 is 0 Å². The van der Waals surface area contributed by atoms with Crippen LogP contribution in [-0.2, 0) is 14.8 Å². The van der Waals surface area contributed by atoms with Gasteiger partial charge in [-0.25, -0.2) is 8.42 Å². The summed E-state index contributed by atoms with van der Waals surface area (Å²) in [5.41, 5.74) is -0.230. The number of carbonyl (C=O) groups excluding carboxylic acids is 1. The number of nitrogens with zero attached hydrogens (tertiary/aromatic N) is 1. The summed E-state index contributed by atoms with van der Waals surface area (Å²) in [7, 11) is -4.00. The van der Waals surface area contributed by atoms with E-state index in [4.69, 9.17) is 27.9 Å². The minimum absolute atomic E-state index is 0.0357. The van der Waals surface area contributed by atoms with Gasteiger partial charge in [0.25, 0.3) is 5.91 Å². The van der Waals surface area contributed by atoms with E-state index in [-0.39, 0.29) is 58.2 Å². The second-order valence-corrected chi connectivity index (χ2v) is 8.83. The van der Waals surface area contributed by atoms with Crippen LogP contribution < -0.4 is 10.1 Å². The third-order valence-electron chi connectivity index (χ3n) is 4.21. The first kappa shape index (κ1) is 22.7. The van der Waals surface area contributed by atoms with Gasteiger partial charge < -0.3 is 14.8 Å². The molecular weight excluding hydrogens is 465 g/mol.